The Morgan fingerprint density at radius 3 is 2.93 bits per heavy atom. The third-order valence-corrected chi connectivity index (χ3v) is 2.66. The Morgan fingerprint density at radius 1 is 1.47 bits per heavy atom. The van der Waals surface area contributed by atoms with Crippen LogP contribution >= 0.6 is 11.8 Å². The molecule has 1 aromatic rings. The van der Waals surface area contributed by atoms with Gasteiger partial charge in [-0.05, 0) is 20.3 Å². The molecule has 15 heavy (non-hydrogen) atoms. The van der Waals surface area contributed by atoms with Gasteiger partial charge in [-0.3, -0.25) is 0 Å². The maximum atomic E-state index is 5.62. The second-order valence-corrected chi connectivity index (χ2v) is 4.18. The van der Waals surface area contributed by atoms with Crippen molar-refractivity contribution in [2.45, 2.75) is 25.4 Å². The number of nitrogen functional groups attached to an aromatic ring is 1. The van der Waals surface area contributed by atoms with Crippen molar-refractivity contribution in [1.29, 1.82) is 0 Å². The van der Waals surface area contributed by atoms with Gasteiger partial charge in [0.25, 0.3) is 0 Å². The molecular weight excluding hydrogens is 210 g/mol. The van der Waals surface area contributed by atoms with Crippen LogP contribution in [-0.2, 0) is 4.74 Å². The molecule has 0 radical (unpaired) electrons. The predicted molar refractivity (Wildman–Crippen MR) is 63.0 cm³/mol. The molecule has 0 saturated heterocycles. The maximum Gasteiger partial charge on any atom is 0.189 e. The number of ether oxygens (including phenoxy) is 1. The Morgan fingerprint density at radius 2 is 2.27 bits per heavy atom. The van der Waals surface area contributed by atoms with Crippen LogP contribution in [0.15, 0.2) is 11.2 Å². The Bertz CT molecular complexity index is 286. The molecule has 0 fully saturated rings. The highest BCUT2D eigenvalue weighted by molar-refractivity contribution is 7.99. The van der Waals surface area contributed by atoms with E-state index in [-0.39, 0.29) is 0 Å². The first-order valence-electron chi connectivity index (χ1n) is 5.04. The zero-order valence-electron chi connectivity index (χ0n) is 9.19. The lowest BCUT2D eigenvalue weighted by Gasteiger charge is -2.02. The average molecular weight is 227 g/mol. The van der Waals surface area contributed by atoms with Crippen molar-refractivity contribution in [2.24, 2.45) is 0 Å². The third-order valence-electron chi connectivity index (χ3n) is 1.72. The molecule has 0 spiro atoms. The Hall–Kier alpha value is -0.810. The molecule has 1 heterocycles. The molecule has 2 N–H and O–H groups in total. The molecule has 0 atom stereocenters. The largest absolute Gasteiger partial charge is 0.384 e. The number of thioether (sulfide) groups is 1. The lowest BCUT2D eigenvalue weighted by atomic mass is 10.4. The first-order chi connectivity index (χ1) is 7.22. The van der Waals surface area contributed by atoms with Gasteiger partial charge >= 0.3 is 0 Å². The van der Waals surface area contributed by atoms with Crippen LogP contribution in [0.3, 0.4) is 0 Å². The summed E-state index contributed by atoms with van der Waals surface area (Å²) < 4.78 is 5.24. The number of nitrogens with two attached hydrogens (primary N) is 1. The van der Waals surface area contributed by atoms with Gasteiger partial charge in [0, 0.05) is 30.7 Å². The van der Waals surface area contributed by atoms with Gasteiger partial charge in [0.05, 0.1) is 0 Å². The van der Waals surface area contributed by atoms with E-state index in [2.05, 4.69) is 9.97 Å². The summed E-state index contributed by atoms with van der Waals surface area (Å²) in [5.74, 6) is 1.50. The van der Waals surface area contributed by atoms with E-state index in [4.69, 9.17) is 10.5 Å². The van der Waals surface area contributed by atoms with Crippen molar-refractivity contribution in [3.8, 4) is 0 Å². The van der Waals surface area contributed by atoms with Gasteiger partial charge in [0.2, 0.25) is 0 Å². The van der Waals surface area contributed by atoms with E-state index in [0.717, 1.165) is 36.2 Å². The van der Waals surface area contributed by atoms with E-state index in [0.29, 0.717) is 5.82 Å². The van der Waals surface area contributed by atoms with E-state index in [9.17, 15) is 0 Å². The lowest BCUT2D eigenvalue weighted by molar-refractivity contribution is 0.149. The van der Waals surface area contributed by atoms with Gasteiger partial charge in [-0.15, -0.1) is 0 Å². The summed E-state index contributed by atoms with van der Waals surface area (Å²) in [6.45, 7) is 5.49. The zero-order chi connectivity index (χ0) is 11.1. The zero-order valence-corrected chi connectivity index (χ0v) is 10.0. The van der Waals surface area contributed by atoms with Crippen LogP contribution in [0.25, 0.3) is 0 Å². The van der Waals surface area contributed by atoms with Crippen LogP contribution in [0.5, 0.6) is 0 Å². The summed E-state index contributed by atoms with van der Waals surface area (Å²) in [5, 5.41) is 0.754. The Kier molecular flexibility index (Phi) is 5.42. The molecule has 0 saturated carbocycles. The Balaban J connectivity index is 2.31. The standard InChI is InChI=1S/C10H17N3OS/c1-3-14-5-4-6-15-10-12-8(2)7-9(11)13-10/h7H,3-6H2,1-2H3,(H2,11,12,13). The monoisotopic (exact) mass is 227 g/mol. The van der Waals surface area contributed by atoms with Gasteiger partial charge in [0.15, 0.2) is 5.16 Å². The number of aromatic nitrogens is 2. The van der Waals surface area contributed by atoms with Gasteiger partial charge in [0.1, 0.15) is 5.82 Å². The molecule has 0 amide bonds. The molecule has 1 rings (SSSR count). The van der Waals surface area contributed by atoms with Crippen molar-refractivity contribution >= 4 is 17.6 Å². The molecule has 0 aliphatic carbocycles. The summed E-state index contributed by atoms with van der Waals surface area (Å²) in [5.41, 5.74) is 6.53. The number of aryl methyl sites for hydroxylation is 1. The second-order valence-electron chi connectivity index (χ2n) is 3.12. The Labute approximate surface area is 94.6 Å². The smallest absolute Gasteiger partial charge is 0.189 e. The molecule has 0 unspecified atom stereocenters. The first-order valence-corrected chi connectivity index (χ1v) is 6.02. The summed E-state index contributed by atoms with van der Waals surface area (Å²) in [4.78, 5) is 8.42. The fourth-order valence-corrected chi connectivity index (χ4v) is 1.92. The van der Waals surface area contributed by atoms with E-state index in [1.807, 2.05) is 13.8 Å². The average Bonchev–Trinajstić information content (AvgIpc) is 2.16. The van der Waals surface area contributed by atoms with Crippen molar-refractivity contribution in [1.82, 2.24) is 9.97 Å². The molecule has 0 aromatic carbocycles. The number of hydrogen-bond acceptors (Lipinski definition) is 5. The van der Waals surface area contributed by atoms with Crippen LogP contribution < -0.4 is 5.73 Å². The van der Waals surface area contributed by atoms with Crippen molar-refractivity contribution in [3.05, 3.63) is 11.8 Å². The third kappa shape index (κ3) is 4.99. The quantitative estimate of drug-likeness (QED) is 0.457. The van der Waals surface area contributed by atoms with Crippen LogP contribution in [0.4, 0.5) is 5.82 Å². The molecule has 0 aliphatic heterocycles. The van der Waals surface area contributed by atoms with Crippen molar-refractivity contribution in [2.75, 3.05) is 24.7 Å². The topological polar surface area (TPSA) is 61.0 Å². The van der Waals surface area contributed by atoms with Crippen LogP contribution in [0, 0.1) is 6.92 Å². The van der Waals surface area contributed by atoms with E-state index in [1.54, 1.807) is 17.8 Å². The summed E-state index contributed by atoms with van der Waals surface area (Å²) in [7, 11) is 0. The number of rotatable bonds is 6. The molecule has 84 valence electrons. The minimum Gasteiger partial charge on any atom is -0.384 e. The van der Waals surface area contributed by atoms with Gasteiger partial charge < -0.3 is 10.5 Å². The van der Waals surface area contributed by atoms with Gasteiger partial charge in [-0.2, -0.15) is 0 Å². The molecule has 0 bridgehead atoms. The normalized spacial score (nSPS) is 10.5. The van der Waals surface area contributed by atoms with E-state index >= 15 is 0 Å². The number of anilines is 1. The van der Waals surface area contributed by atoms with E-state index in [1.165, 1.54) is 0 Å². The summed E-state index contributed by atoms with van der Waals surface area (Å²) in [6, 6.07) is 1.77. The maximum absolute atomic E-state index is 5.62. The van der Waals surface area contributed by atoms with Gasteiger partial charge in [-0.25, -0.2) is 9.97 Å². The predicted octanol–water partition coefficient (Wildman–Crippen LogP) is 1.89. The lowest BCUT2D eigenvalue weighted by Crippen LogP contribution is -1.98. The minimum atomic E-state index is 0.537. The number of hydrogen-bond donors (Lipinski definition) is 1. The molecule has 5 heteroatoms. The first kappa shape index (κ1) is 12.3. The van der Waals surface area contributed by atoms with Crippen molar-refractivity contribution < 1.29 is 4.74 Å². The molecule has 4 nitrogen and oxygen atoms in total. The summed E-state index contributed by atoms with van der Waals surface area (Å²) in [6.07, 6.45) is 1.01. The highest BCUT2D eigenvalue weighted by Gasteiger charge is 2.00. The highest BCUT2D eigenvalue weighted by Crippen LogP contribution is 2.15. The van der Waals surface area contributed by atoms with Crippen LogP contribution in [0.1, 0.15) is 19.0 Å². The fraction of sp³-hybridized carbons (Fsp3) is 0.600. The SMILES string of the molecule is CCOCCCSc1nc(C)cc(N)n1. The highest BCUT2D eigenvalue weighted by atomic mass is 32.2. The molecular formula is C10H17N3OS. The van der Waals surface area contributed by atoms with E-state index < -0.39 is 0 Å². The molecule has 0 aliphatic rings. The van der Waals surface area contributed by atoms with Crippen LogP contribution in [-0.4, -0.2) is 28.9 Å². The number of nitrogens with zero attached hydrogens (tertiary/aromatic N) is 2. The minimum absolute atomic E-state index is 0.537. The van der Waals surface area contributed by atoms with Crippen molar-refractivity contribution in [3.63, 3.8) is 0 Å². The second kappa shape index (κ2) is 6.63. The van der Waals surface area contributed by atoms with Crippen LogP contribution in [0.2, 0.25) is 0 Å². The molecule has 1 aromatic heterocycles. The van der Waals surface area contributed by atoms with Gasteiger partial charge in [-0.1, -0.05) is 11.8 Å². The summed E-state index contributed by atoms with van der Waals surface area (Å²) >= 11 is 1.62. The fourth-order valence-electron chi connectivity index (χ4n) is 1.10.